The van der Waals surface area contributed by atoms with E-state index in [4.69, 9.17) is 16.7 Å². The third-order valence-corrected chi connectivity index (χ3v) is 5.82. The number of pyridine rings is 1. The monoisotopic (exact) mass is 459 g/mol. The SMILES string of the molecule is O=C(NCc1cn(-c2ccccc2)nc1-c1ccncc1)c1nc(N2CCCC2)ncc1Cl. The van der Waals surface area contributed by atoms with Crippen LogP contribution in [-0.2, 0) is 6.54 Å². The Morgan fingerprint density at radius 3 is 2.58 bits per heavy atom. The standard InChI is InChI=1S/C24H22ClN7O/c25-20-15-28-24(31-12-4-5-13-31)29-22(20)23(33)27-14-18-16-32(19-6-2-1-3-7-19)30-21(18)17-8-10-26-11-9-17/h1-3,6-11,15-16H,4-5,12-14H2,(H,27,33). The van der Waals surface area contributed by atoms with Gasteiger partial charge in [-0.05, 0) is 37.1 Å². The van der Waals surface area contributed by atoms with Crippen LogP contribution in [0, 0.1) is 0 Å². The van der Waals surface area contributed by atoms with Crippen molar-refractivity contribution in [3.05, 3.63) is 83.5 Å². The summed E-state index contributed by atoms with van der Waals surface area (Å²) in [6.07, 6.45) is 9.04. The molecule has 1 aromatic carbocycles. The molecule has 1 aliphatic rings. The number of aromatic nitrogens is 5. The molecular weight excluding hydrogens is 438 g/mol. The van der Waals surface area contributed by atoms with Gasteiger partial charge in [-0.1, -0.05) is 29.8 Å². The van der Waals surface area contributed by atoms with Crippen molar-refractivity contribution >= 4 is 23.5 Å². The molecule has 0 aliphatic carbocycles. The number of carbonyl (C=O) groups excluding carboxylic acids is 1. The summed E-state index contributed by atoms with van der Waals surface area (Å²) < 4.78 is 1.81. The smallest absolute Gasteiger partial charge is 0.271 e. The van der Waals surface area contributed by atoms with E-state index in [9.17, 15) is 4.79 Å². The first kappa shape index (κ1) is 21.1. The lowest BCUT2D eigenvalue weighted by Crippen LogP contribution is -2.27. The van der Waals surface area contributed by atoms with Gasteiger partial charge in [0.15, 0.2) is 5.69 Å². The number of halogens is 1. The highest BCUT2D eigenvalue weighted by Gasteiger charge is 2.20. The second kappa shape index (κ2) is 9.38. The molecule has 4 aromatic rings. The molecule has 9 heteroatoms. The lowest BCUT2D eigenvalue weighted by molar-refractivity contribution is 0.0946. The van der Waals surface area contributed by atoms with Crippen LogP contribution in [-0.4, -0.2) is 43.7 Å². The van der Waals surface area contributed by atoms with E-state index in [-0.39, 0.29) is 23.2 Å². The molecule has 1 fully saturated rings. The lowest BCUT2D eigenvalue weighted by Gasteiger charge is -2.16. The molecule has 4 heterocycles. The fraction of sp³-hybridized carbons (Fsp3) is 0.208. The summed E-state index contributed by atoms with van der Waals surface area (Å²) in [6.45, 7) is 2.04. The van der Waals surface area contributed by atoms with Crippen LogP contribution in [0.15, 0.2) is 67.3 Å². The van der Waals surface area contributed by atoms with E-state index in [1.165, 1.54) is 6.20 Å². The Bertz CT molecular complexity index is 1250. The van der Waals surface area contributed by atoms with Crippen LogP contribution in [0.3, 0.4) is 0 Å². The van der Waals surface area contributed by atoms with Gasteiger partial charge in [0.25, 0.3) is 5.91 Å². The number of para-hydroxylation sites is 1. The first-order valence-electron chi connectivity index (χ1n) is 10.8. The van der Waals surface area contributed by atoms with Crippen molar-refractivity contribution in [1.29, 1.82) is 0 Å². The van der Waals surface area contributed by atoms with Crippen LogP contribution >= 0.6 is 11.6 Å². The zero-order valence-electron chi connectivity index (χ0n) is 17.9. The van der Waals surface area contributed by atoms with E-state index in [1.807, 2.05) is 48.7 Å². The summed E-state index contributed by atoms with van der Waals surface area (Å²) in [5, 5.41) is 7.94. The molecular formula is C24H22ClN7O. The number of amides is 1. The Labute approximate surface area is 196 Å². The molecule has 1 N–H and O–H groups in total. The quantitative estimate of drug-likeness (QED) is 0.470. The molecule has 3 aromatic heterocycles. The molecule has 0 unspecified atom stereocenters. The van der Waals surface area contributed by atoms with E-state index in [1.54, 1.807) is 17.1 Å². The first-order valence-corrected chi connectivity index (χ1v) is 11.2. The number of rotatable bonds is 6. The highest BCUT2D eigenvalue weighted by atomic mass is 35.5. The molecule has 0 bridgehead atoms. The topological polar surface area (TPSA) is 88.8 Å². The lowest BCUT2D eigenvalue weighted by atomic mass is 10.1. The van der Waals surface area contributed by atoms with Crippen molar-refractivity contribution in [3.8, 4) is 16.9 Å². The van der Waals surface area contributed by atoms with Gasteiger partial charge in [-0.3, -0.25) is 9.78 Å². The van der Waals surface area contributed by atoms with Crippen LogP contribution in [0.2, 0.25) is 5.02 Å². The van der Waals surface area contributed by atoms with E-state index in [2.05, 4.69) is 25.2 Å². The van der Waals surface area contributed by atoms with Gasteiger partial charge < -0.3 is 10.2 Å². The molecule has 0 saturated carbocycles. The fourth-order valence-corrected chi connectivity index (χ4v) is 4.03. The molecule has 1 aliphatic heterocycles. The molecule has 33 heavy (non-hydrogen) atoms. The van der Waals surface area contributed by atoms with E-state index < -0.39 is 0 Å². The van der Waals surface area contributed by atoms with E-state index in [0.717, 1.165) is 48.4 Å². The Morgan fingerprint density at radius 2 is 1.82 bits per heavy atom. The zero-order chi connectivity index (χ0) is 22.6. The van der Waals surface area contributed by atoms with Gasteiger partial charge in [0.05, 0.1) is 22.6 Å². The van der Waals surface area contributed by atoms with Crippen molar-refractivity contribution in [2.24, 2.45) is 0 Å². The fourth-order valence-electron chi connectivity index (χ4n) is 3.85. The Morgan fingerprint density at radius 1 is 1.06 bits per heavy atom. The average molecular weight is 460 g/mol. The second-order valence-corrected chi connectivity index (χ2v) is 8.17. The van der Waals surface area contributed by atoms with Gasteiger partial charge in [-0.15, -0.1) is 0 Å². The van der Waals surface area contributed by atoms with Gasteiger partial charge in [0.1, 0.15) is 0 Å². The van der Waals surface area contributed by atoms with Crippen LogP contribution < -0.4 is 10.2 Å². The molecule has 1 saturated heterocycles. The maximum Gasteiger partial charge on any atom is 0.271 e. The average Bonchev–Trinajstić information content (AvgIpc) is 3.55. The maximum absolute atomic E-state index is 13.0. The number of nitrogens with zero attached hydrogens (tertiary/aromatic N) is 6. The number of hydrogen-bond donors (Lipinski definition) is 1. The number of anilines is 1. The second-order valence-electron chi connectivity index (χ2n) is 7.76. The highest BCUT2D eigenvalue weighted by molar-refractivity contribution is 6.33. The minimum Gasteiger partial charge on any atom is -0.346 e. The first-order chi connectivity index (χ1) is 16.2. The highest BCUT2D eigenvalue weighted by Crippen LogP contribution is 2.24. The molecule has 8 nitrogen and oxygen atoms in total. The summed E-state index contributed by atoms with van der Waals surface area (Å²) >= 11 is 6.26. The van der Waals surface area contributed by atoms with Gasteiger partial charge in [0, 0.05) is 49.4 Å². The number of benzene rings is 1. The zero-order valence-corrected chi connectivity index (χ0v) is 18.6. The minimum absolute atomic E-state index is 0.175. The predicted octanol–water partition coefficient (Wildman–Crippen LogP) is 3.91. The van der Waals surface area contributed by atoms with Crippen molar-refractivity contribution < 1.29 is 4.79 Å². The van der Waals surface area contributed by atoms with Crippen LogP contribution in [0.4, 0.5) is 5.95 Å². The molecule has 1 amide bonds. The summed E-state index contributed by atoms with van der Waals surface area (Å²) in [5.41, 5.74) is 3.66. The molecule has 166 valence electrons. The normalized spacial score (nSPS) is 13.3. The third kappa shape index (κ3) is 4.56. The van der Waals surface area contributed by atoms with Crippen LogP contribution in [0.1, 0.15) is 28.9 Å². The van der Waals surface area contributed by atoms with Crippen molar-refractivity contribution in [1.82, 2.24) is 30.0 Å². The van der Waals surface area contributed by atoms with Crippen molar-refractivity contribution in [2.75, 3.05) is 18.0 Å². The maximum atomic E-state index is 13.0. The summed E-state index contributed by atoms with van der Waals surface area (Å²) in [7, 11) is 0. The van der Waals surface area contributed by atoms with Crippen LogP contribution in [0.5, 0.6) is 0 Å². The summed E-state index contributed by atoms with van der Waals surface area (Å²) in [6, 6.07) is 13.6. The largest absolute Gasteiger partial charge is 0.346 e. The van der Waals surface area contributed by atoms with Crippen LogP contribution in [0.25, 0.3) is 16.9 Å². The summed E-state index contributed by atoms with van der Waals surface area (Å²) in [5.74, 6) is 0.187. The Balaban J connectivity index is 1.41. The van der Waals surface area contributed by atoms with Gasteiger partial charge in [-0.25, -0.2) is 14.6 Å². The van der Waals surface area contributed by atoms with Crippen molar-refractivity contribution in [3.63, 3.8) is 0 Å². The number of nitrogens with one attached hydrogen (secondary N) is 1. The molecule has 0 spiro atoms. The predicted molar refractivity (Wildman–Crippen MR) is 126 cm³/mol. The van der Waals surface area contributed by atoms with Gasteiger partial charge in [0.2, 0.25) is 5.95 Å². The number of carbonyl (C=O) groups is 1. The summed E-state index contributed by atoms with van der Waals surface area (Å²) in [4.78, 5) is 27.9. The molecule has 0 atom stereocenters. The Kier molecular flexibility index (Phi) is 5.99. The van der Waals surface area contributed by atoms with E-state index in [0.29, 0.717) is 5.95 Å². The van der Waals surface area contributed by atoms with Crippen molar-refractivity contribution in [2.45, 2.75) is 19.4 Å². The Hall–Kier alpha value is -3.78. The molecule has 0 radical (unpaired) electrons. The van der Waals surface area contributed by atoms with Gasteiger partial charge in [-0.2, -0.15) is 5.10 Å². The van der Waals surface area contributed by atoms with Gasteiger partial charge >= 0.3 is 0 Å². The van der Waals surface area contributed by atoms with E-state index >= 15 is 0 Å². The number of hydrogen-bond acceptors (Lipinski definition) is 6. The molecule has 5 rings (SSSR count). The minimum atomic E-state index is -0.351. The third-order valence-electron chi connectivity index (χ3n) is 5.54.